The fourth-order valence-electron chi connectivity index (χ4n) is 3.21. The van der Waals surface area contributed by atoms with Crippen molar-refractivity contribution >= 4 is 22.6 Å². The van der Waals surface area contributed by atoms with Crippen LogP contribution in [0.2, 0.25) is 0 Å². The van der Waals surface area contributed by atoms with E-state index < -0.39 is 35.4 Å². The molecule has 8 nitrogen and oxygen atoms in total. The van der Waals surface area contributed by atoms with Gasteiger partial charge in [-0.3, -0.25) is 14.2 Å². The standard InChI is InChI=1S/C20H19F3N4O4/c1-4-11-9-24-17-15(16(11)31-3)18(29)27(19(30)26(17)2)10-14(28)25-13-7-5-6-12(8-13)20(21,22)23/h5-9H,4,10H2,1-3H3,(H,25,28). The Bertz CT molecular complexity index is 1280. The second-order valence-corrected chi connectivity index (χ2v) is 6.73. The molecule has 3 aromatic rings. The molecule has 11 heteroatoms. The van der Waals surface area contributed by atoms with Crippen molar-refractivity contribution in [2.75, 3.05) is 12.4 Å². The van der Waals surface area contributed by atoms with E-state index in [-0.39, 0.29) is 22.5 Å². The van der Waals surface area contributed by atoms with E-state index in [9.17, 15) is 27.6 Å². The second kappa shape index (κ2) is 8.25. The Morgan fingerprint density at radius 1 is 1.26 bits per heavy atom. The van der Waals surface area contributed by atoms with E-state index in [1.54, 1.807) is 0 Å². The summed E-state index contributed by atoms with van der Waals surface area (Å²) in [5.41, 5.74) is -1.89. The monoisotopic (exact) mass is 436 g/mol. The Morgan fingerprint density at radius 3 is 2.58 bits per heavy atom. The maximum atomic E-state index is 13.0. The van der Waals surface area contributed by atoms with Crippen molar-refractivity contribution in [3.05, 3.63) is 62.4 Å². The van der Waals surface area contributed by atoms with Gasteiger partial charge >= 0.3 is 11.9 Å². The average Bonchev–Trinajstić information content (AvgIpc) is 2.73. The minimum absolute atomic E-state index is 0.0378. The van der Waals surface area contributed by atoms with E-state index in [0.717, 1.165) is 22.8 Å². The summed E-state index contributed by atoms with van der Waals surface area (Å²) < 4.78 is 45.7. The van der Waals surface area contributed by atoms with Crippen LogP contribution >= 0.6 is 0 Å². The highest BCUT2D eigenvalue weighted by atomic mass is 19.4. The van der Waals surface area contributed by atoms with Crippen molar-refractivity contribution in [2.45, 2.75) is 26.1 Å². The quantitative estimate of drug-likeness (QED) is 0.663. The van der Waals surface area contributed by atoms with Crippen molar-refractivity contribution in [1.29, 1.82) is 0 Å². The Kier molecular flexibility index (Phi) is 5.87. The number of rotatable bonds is 5. The summed E-state index contributed by atoms with van der Waals surface area (Å²) in [7, 11) is 2.77. The highest BCUT2D eigenvalue weighted by Crippen LogP contribution is 2.30. The number of carbonyl (C=O) groups is 1. The number of pyridine rings is 1. The van der Waals surface area contributed by atoms with Crippen LogP contribution in [0.25, 0.3) is 11.0 Å². The first-order chi connectivity index (χ1) is 14.6. The first-order valence-electron chi connectivity index (χ1n) is 9.21. The zero-order valence-electron chi connectivity index (χ0n) is 16.9. The molecule has 31 heavy (non-hydrogen) atoms. The molecule has 1 amide bonds. The minimum Gasteiger partial charge on any atom is -0.495 e. The molecule has 0 saturated heterocycles. The van der Waals surface area contributed by atoms with Crippen LogP contribution in [0.4, 0.5) is 18.9 Å². The van der Waals surface area contributed by atoms with E-state index in [4.69, 9.17) is 4.74 Å². The molecule has 2 heterocycles. The third-order valence-electron chi connectivity index (χ3n) is 4.74. The summed E-state index contributed by atoms with van der Waals surface area (Å²) >= 11 is 0. The Hall–Kier alpha value is -3.63. The first-order valence-corrected chi connectivity index (χ1v) is 9.21. The third-order valence-corrected chi connectivity index (χ3v) is 4.74. The number of benzene rings is 1. The van der Waals surface area contributed by atoms with Crippen LogP contribution in [0.3, 0.4) is 0 Å². The van der Waals surface area contributed by atoms with Crippen LogP contribution in [0.15, 0.2) is 40.1 Å². The highest BCUT2D eigenvalue weighted by Gasteiger charge is 2.30. The van der Waals surface area contributed by atoms with Crippen LogP contribution in [0, 0.1) is 0 Å². The number of nitrogens with zero attached hydrogens (tertiary/aromatic N) is 3. The summed E-state index contributed by atoms with van der Waals surface area (Å²) in [4.78, 5) is 42.3. The second-order valence-electron chi connectivity index (χ2n) is 6.73. The molecule has 0 atom stereocenters. The maximum absolute atomic E-state index is 13.0. The highest BCUT2D eigenvalue weighted by molar-refractivity contribution is 5.91. The predicted molar refractivity (Wildman–Crippen MR) is 107 cm³/mol. The molecule has 0 saturated carbocycles. The number of methoxy groups -OCH3 is 1. The van der Waals surface area contributed by atoms with E-state index in [2.05, 4.69) is 10.3 Å². The molecule has 0 spiro atoms. The Morgan fingerprint density at radius 2 is 1.97 bits per heavy atom. The maximum Gasteiger partial charge on any atom is 0.416 e. The lowest BCUT2D eigenvalue weighted by Gasteiger charge is -2.14. The molecule has 164 valence electrons. The normalized spacial score (nSPS) is 11.5. The molecule has 1 N–H and O–H groups in total. The molecule has 0 aliphatic carbocycles. The van der Waals surface area contributed by atoms with Crippen LogP contribution in [0.1, 0.15) is 18.1 Å². The van der Waals surface area contributed by atoms with E-state index in [1.165, 1.54) is 26.4 Å². The number of hydrogen-bond donors (Lipinski definition) is 1. The number of hydrogen-bond acceptors (Lipinski definition) is 5. The minimum atomic E-state index is -4.58. The molecule has 0 aliphatic heterocycles. The van der Waals surface area contributed by atoms with Gasteiger partial charge in [0.2, 0.25) is 5.91 Å². The molecule has 2 aromatic heterocycles. The largest absolute Gasteiger partial charge is 0.495 e. The van der Waals surface area contributed by atoms with E-state index in [1.807, 2.05) is 6.92 Å². The van der Waals surface area contributed by atoms with Crippen LogP contribution < -0.4 is 21.3 Å². The lowest BCUT2D eigenvalue weighted by molar-refractivity contribution is -0.137. The topological polar surface area (TPSA) is 95.2 Å². The van der Waals surface area contributed by atoms with Gasteiger partial charge in [0, 0.05) is 24.5 Å². The molecule has 0 radical (unpaired) electrons. The van der Waals surface area contributed by atoms with Gasteiger partial charge in [-0.15, -0.1) is 0 Å². The number of ether oxygens (including phenoxy) is 1. The smallest absolute Gasteiger partial charge is 0.416 e. The van der Waals surface area contributed by atoms with Gasteiger partial charge in [0.25, 0.3) is 5.56 Å². The van der Waals surface area contributed by atoms with Crippen LogP contribution in [-0.4, -0.2) is 27.1 Å². The van der Waals surface area contributed by atoms with Crippen LogP contribution in [-0.2, 0) is 31.0 Å². The number of nitrogens with one attached hydrogen (secondary N) is 1. The first kappa shape index (κ1) is 22.1. The summed E-state index contributed by atoms with van der Waals surface area (Å²) in [6, 6.07) is 4.04. The summed E-state index contributed by atoms with van der Waals surface area (Å²) in [6.45, 7) is 1.14. The van der Waals surface area contributed by atoms with Crippen molar-refractivity contribution in [1.82, 2.24) is 14.1 Å². The zero-order chi connectivity index (χ0) is 22.9. The van der Waals surface area contributed by atoms with Gasteiger partial charge in [-0.1, -0.05) is 13.0 Å². The Labute approximate surface area is 173 Å². The summed E-state index contributed by atoms with van der Waals surface area (Å²) in [5.74, 6) is -0.586. The summed E-state index contributed by atoms with van der Waals surface area (Å²) in [6.07, 6.45) is -2.55. The Balaban J connectivity index is 2.03. The van der Waals surface area contributed by atoms with Crippen LogP contribution in [0.5, 0.6) is 5.75 Å². The average molecular weight is 436 g/mol. The number of fused-ring (bicyclic) bond motifs is 1. The van der Waals surface area contributed by atoms with E-state index >= 15 is 0 Å². The molecule has 1 aromatic carbocycles. The van der Waals surface area contributed by atoms with Crippen molar-refractivity contribution in [3.63, 3.8) is 0 Å². The van der Waals surface area contributed by atoms with Crippen molar-refractivity contribution in [3.8, 4) is 5.75 Å². The molecule has 0 fully saturated rings. The van der Waals surface area contributed by atoms with Gasteiger partial charge in [-0.2, -0.15) is 13.2 Å². The number of carbonyl (C=O) groups excluding carboxylic acids is 1. The number of halogens is 3. The SMILES string of the molecule is CCc1cnc2c(c1OC)c(=O)n(CC(=O)Nc1cccc(C(F)(F)F)c1)c(=O)n2C. The van der Waals surface area contributed by atoms with Gasteiger partial charge in [-0.25, -0.2) is 14.3 Å². The summed E-state index contributed by atoms with van der Waals surface area (Å²) in [5, 5.41) is 2.32. The number of alkyl halides is 3. The number of aromatic nitrogens is 3. The third kappa shape index (κ3) is 4.16. The van der Waals surface area contributed by atoms with Crippen molar-refractivity contribution in [2.24, 2.45) is 7.05 Å². The number of anilines is 1. The molecule has 0 aliphatic rings. The molecule has 3 rings (SSSR count). The molecule has 0 bridgehead atoms. The molecule has 0 unspecified atom stereocenters. The fourth-order valence-corrected chi connectivity index (χ4v) is 3.21. The van der Waals surface area contributed by atoms with E-state index in [0.29, 0.717) is 16.6 Å². The predicted octanol–water partition coefficient (Wildman–Crippen LogP) is 2.32. The fraction of sp³-hybridized carbons (Fsp3) is 0.300. The lowest BCUT2D eigenvalue weighted by atomic mass is 10.1. The van der Waals surface area contributed by atoms with Crippen molar-refractivity contribution < 1.29 is 22.7 Å². The van der Waals surface area contributed by atoms with Gasteiger partial charge < -0.3 is 10.1 Å². The van der Waals surface area contributed by atoms with Gasteiger partial charge in [0.05, 0.1) is 12.7 Å². The molecular formula is C20H19F3N4O4. The molecular weight excluding hydrogens is 417 g/mol. The van der Waals surface area contributed by atoms with Gasteiger partial charge in [-0.05, 0) is 24.6 Å². The lowest BCUT2D eigenvalue weighted by Crippen LogP contribution is -2.42. The van der Waals surface area contributed by atoms with Gasteiger partial charge in [0.1, 0.15) is 17.7 Å². The number of aryl methyl sites for hydroxylation is 2. The zero-order valence-corrected chi connectivity index (χ0v) is 16.9. The van der Waals surface area contributed by atoms with Gasteiger partial charge in [0.15, 0.2) is 5.65 Å². The number of amides is 1.